The fourth-order valence-electron chi connectivity index (χ4n) is 2.60. The molecule has 0 radical (unpaired) electrons. The van der Waals surface area contributed by atoms with Gasteiger partial charge in [-0.2, -0.15) is 0 Å². The summed E-state index contributed by atoms with van der Waals surface area (Å²) in [5.74, 6) is 0.984. The molecule has 0 saturated carbocycles. The molecule has 0 aromatic carbocycles. The molecule has 2 rings (SSSR count). The van der Waals surface area contributed by atoms with E-state index >= 15 is 0 Å². The molecule has 1 aliphatic carbocycles. The number of allylic oxidation sites excluding steroid dienone is 1. The van der Waals surface area contributed by atoms with Crippen LogP contribution >= 0.6 is 11.3 Å². The highest BCUT2D eigenvalue weighted by atomic mass is 32.1. The fraction of sp³-hybridized carbons (Fsp3) is 0.625. The Morgan fingerprint density at radius 3 is 3.00 bits per heavy atom. The van der Waals surface area contributed by atoms with Crippen molar-refractivity contribution in [2.45, 2.75) is 51.5 Å². The van der Waals surface area contributed by atoms with Crippen molar-refractivity contribution in [3.63, 3.8) is 0 Å². The molecule has 0 saturated heterocycles. The molecule has 0 amide bonds. The Morgan fingerprint density at radius 2 is 2.26 bits per heavy atom. The number of ether oxygens (including phenoxy) is 1. The van der Waals surface area contributed by atoms with Crippen LogP contribution < -0.4 is 10.1 Å². The lowest BCUT2D eigenvalue weighted by Gasteiger charge is -2.20. The van der Waals surface area contributed by atoms with Crippen molar-refractivity contribution in [3.05, 3.63) is 28.0 Å². The van der Waals surface area contributed by atoms with Crippen LogP contribution in [0.1, 0.15) is 56.4 Å². The lowest BCUT2D eigenvalue weighted by Crippen LogP contribution is -2.23. The summed E-state index contributed by atoms with van der Waals surface area (Å²) in [6.45, 7) is 3.29. The van der Waals surface area contributed by atoms with Crippen LogP contribution in [0.5, 0.6) is 5.75 Å². The summed E-state index contributed by atoms with van der Waals surface area (Å²) in [4.78, 5) is 1.39. The van der Waals surface area contributed by atoms with Gasteiger partial charge in [-0.1, -0.05) is 25.0 Å². The molecule has 1 N–H and O–H groups in total. The van der Waals surface area contributed by atoms with Gasteiger partial charge in [-0.25, -0.2) is 0 Å². The Kier molecular flexibility index (Phi) is 5.93. The molecule has 3 heteroatoms. The van der Waals surface area contributed by atoms with E-state index in [-0.39, 0.29) is 0 Å². The van der Waals surface area contributed by atoms with Gasteiger partial charge in [0.25, 0.3) is 0 Å². The Bertz CT molecular complexity index is 411. The Balaban J connectivity index is 2.16. The number of methoxy groups -OCH3 is 1. The third-order valence-corrected chi connectivity index (χ3v) is 4.64. The summed E-state index contributed by atoms with van der Waals surface area (Å²) < 4.78 is 5.32. The summed E-state index contributed by atoms with van der Waals surface area (Å²) in [5, 5.41) is 5.81. The highest BCUT2D eigenvalue weighted by Gasteiger charge is 2.19. The third-order valence-electron chi connectivity index (χ3n) is 3.66. The van der Waals surface area contributed by atoms with Crippen molar-refractivity contribution < 1.29 is 4.74 Å². The van der Waals surface area contributed by atoms with Gasteiger partial charge in [0.1, 0.15) is 5.75 Å². The van der Waals surface area contributed by atoms with E-state index in [1.165, 1.54) is 43.4 Å². The summed E-state index contributed by atoms with van der Waals surface area (Å²) in [7, 11) is 1.74. The maximum atomic E-state index is 5.32. The molecule has 0 bridgehead atoms. The van der Waals surface area contributed by atoms with Crippen molar-refractivity contribution >= 4 is 11.3 Å². The van der Waals surface area contributed by atoms with Gasteiger partial charge in [0.2, 0.25) is 0 Å². The minimum atomic E-state index is 0.395. The van der Waals surface area contributed by atoms with Crippen LogP contribution in [-0.2, 0) is 0 Å². The van der Waals surface area contributed by atoms with Crippen LogP contribution in [0.25, 0.3) is 0 Å². The second-order valence-corrected chi connectivity index (χ2v) is 6.10. The van der Waals surface area contributed by atoms with Gasteiger partial charge in [-0.05, 0) is 44.7 Å². The van der Waals surface area contributed by atoms with Gasteiger partial charge in [-0.3, -0.25) is 0 Å². The maximum Gasteiger partial charge on any atom is 0.129 e. The first kappa shape index (κ1) is 14.6. The van der Waals surface area contributed by atoms with Crippen LogP contribution in [0, 0.1) is 0 Å². The first-order valence-electron chi connectivity index (χ1n) is 7.40. The highest BCUT2D eigenvalue weighted by molar-refractivity contribution is 7.10. The molecule has 1 aliphatic rings. The van der Waals surface area contributed by atoms with Crippen LogP contribution in [0.3, 0.4) is 0 Å². The van der Waals surface area contributed by atoms with E-state index in [4.69, 9.17) is 4.74 Å². The number of hydrogen-bond acceptors (Lipinski definition) is 3. The minimum Gasteiger partial charge on any atom is -0.496 e. The van der Waals surface area contributed by atoms with Crippen molar-refractivity contribution in [3.8, 4) is 5.75 Å². The zero-order chi connectivity index (χ0) is 13.5. The predicted octanol–water partition coefficient (Wildman–Crippen LogP) is 4.69. The number of hydrogen-bond donors (Lipinski definition) is 1. The van der Waals surface area contributed by atoms with Crippen molar-refractivity contribution in [2.75, 3.05) is 13.7 Å². The van der Waals surface area contributed by atoms with Crippen LogP contribution in [0.4, 0.5) is 0 Å². The van der Waals surface area contributed by atoms with Gasteiger partial charge < -0.3 is 10.1 Å². The predicted molar refractivity (Wildman–Crippen MR) is 83.1 cm³/mol. The molecule has 1 atom stereocenters. The Morgan fingerprint density at radius 1 is 1.37 bits per heavy atom. The largest absolute Gasteiger partial charge is 0.496 e. The van der Waals surface area contributed by atoms with Gasteiger partial charge in [-0.15, -0.1) is 11.3 Å². The summed E-state index contributed by atoms with van der Waals surface area (Å²) in [6, 6.07) is 2.58. The van der Waals surface area contributed by atoms with E-state index in [1.807, 2.05) is 0 Å². The average molecular weight is 279 g/mol. The molecule has 19 heavy (non-hydrogen) atoms. The summed E-state index contributed by atoms with van der Waals surface area (Å²) in [5.41, 5.74) is 1.58. The Hall–Kier alpha value is -0.800. The number of nitrogens with one attached hydrogen (secondary N) is 1. The molecule has 1 heterocycles. The smallest absolute Gasteiger partial charge is 0.129 e. The van der Waals surface area contributed by atoms with E-state index < -0.39 is 0 Å². The molecule has 2 nitrogen and oxygen atoms in total. The first-order valence-corrected chi connectivity index (χ1v) is 8.28. The van der Waals surface area contributed by atoms with Gasteiger partial charge in [0.05, 0.1) is 13.2 Å². The first-order chi connectivity index (χ1) is 9.35. The molecule has 1 aromatic rings. The van der Waals surface area contributed by atoms with E-state index in [2.05, 4.69) is 29.8 Å². The van der Waals surface area contributed by atoms with Crippen LogP contribution in [0.15, 0.2) is 23.1 Å². The van der Waals surface area contributed by atoms with Crippen LogP contribution in [-0.4, -0.2) is 13.7 Å². The molecule has 1 unspecified atom stereocenters. The zero-order valence-electron chi connectivity index (χ0n) is 12.1. The van der Waals surface area contributed by atoms with Crippen molar-refractivity contribution in [2.24, 2.45) is 0 Å². The fourth-order valence-corrected chi connectivity index (χ4v) is 3.57. The van der Waals surface area contributed by atoms with E-state index in [0.29, 0.717) is 6.04 Å². The minimum absolute atomic E-state index is 0.395. The maximum absolute atomic E-state index is 5.32. The third kappa shape index (κ3) is 4.08. The quantitative estimate of drug-likeness (QED) is 0.763. The molecule has 106 valence electrons. The van der Waals surface area contributed by atoms with Crippen molar-refractivity contribution in [1.82, 2.24) is 5.32 Å². The van der Waals surface area contributed by atoms with Crippen LogP contribution in [0.2, 0.25) is 0 Å². The monoisotopic (exact) mass is 279 g/mol. The second-order valence-electron chi connectivity index (χ2n) is 5.15. The van der Waals surface area contributed by atoms with Crippen molar-refractivity contribution in [1.29, 1.82) is 0 Å². The van der Waals surface area contributed by atoms with E-state index in [0.717, 1.165) is 12.3 Å². The molecular formula is C16H25NOS. The lowest BCUT2D eigenvalue weighted by atomic mass is 10.0. The van der Waals surface area contributed by atoms with Gasteiger partial charge in [0, 0.05) is 10.3 Å². The lowest BCUT2D eigenvalue weighted by molar-refractivity contribution is 0.416. The highest BCUT2D eigenvalue weighted by Crippen LogP contribution is 2.34. The Labute approximate surface area is 120 Å². The molecule has 0 aliphatic heterocycles. The zero-order valence-corrected chi connectivity index (χ0v) is 12.9. The topological polar surface area (TPSA) is 21.3 Å². The SMILES string of the molecule is CCCNC(C1=CCCCCC1)c1cc(OC)cs1. The average Bonchev–Trinajstić information content (AvgIpc) is 2.74. The van der Waals surface area contributed by atoms with E-state index in [9.17, 15) is 0 Å². The standard InChI is InChI=1S/C16H25NOS/c1-3-10-17-16(13-8-6-4-5-7-9-13)15-11-14(18-2)12-19-15/h8,11-12,16-17H,3-7,9-10H2,1-2H3. The normalized spacial score (nSPS) is 17.7. The van der Waals surface area contributed by atoms with E-state index in [1.54, 1.807) is 24.0 Å². The second kappa shape index (κ2) is 7.71. The summed E-state index contributed by atoms with van der Waals surface area (Å²) >= 11 is 1.80. The number of rotatable bonds is 6. The molecule has 0 spiro atoms. The number of thiophene rings is 1. The molecule has 1 aromatic heterocycles. The molecule has 0 fully saturated rings. The summed E-state index contributed by atoms with van der Waals surface area (Å²) in [6.07, 6.45) is 10.2. The van der Waals surface area contributed by atoms with Gasteiger partial charge in [0.15, 0.2) is 0 Å². The molecular weight excluding hydrogens is 254 g/mol. The van der Waals surface area contributed by atoms with Gasteiger partial charge >= 0.3 is 0 Å².